The van der Waals surface area contributed by atoms with Gasteiger partial charge in [0.25, 0.3) is 5.91 Å². The molecule has 2 aromatic heterocycles. The smallest absolute Gasteiger partial charge is 0.346 e. The molecular weight excluding hydrogens is 454 g/mol. The number of aryl methyl sites for hydroxylation is 1. The lowest BCUT2D eigenvalue weighted by atomic mass is 10.1. The number of nitrogens with one attached hydrogen (secondary N) is 1. The van der Waals surface area contributed by atoms with Crippen LogP contribution < -0.4 is 10.7 Å². The normalized spacial score (nSPS) is 11.4. The Hall–Kier alpha value is -4.28. The van der Waals surface area contributed by atoms with Gasteiger partial charge in [-0.3, -0.25) is 9.59 Å². The van der Waals surface area contributed by atoms with E-state index in [0.29, 0.717) is 5.56 Å². The van der Waals surface area contributed by atoms with Crippen molar-refractivity contribution in [2.75, 3.05) is 0 Å². The van der Waals surface area contributed by atoms with Crippen molar-refractivity contribution in [3.8, 4) is 11.4 Å². The summed E-state index contributed by atoms with van der Waals surface area (Å²) in [5.41, 5.74) is -1.83. The average Bonchev–Trinajstić information content (AvgIpc) is 3.32. The summed E-state index contributed by atoms with van der Waals surface area (Å²) in [6, 6.07) is 10.0. The highest BCUT2D eigenvalue weighted by molar-refractivity contribution is 5.92. The van der Waals surface area contributed by atoms with Crippen LogP contribution in [0.1, 0.15) is 27.3 Å². The Labute approximate surface area is 190 Å². The number of nitrogens with zero attached hydrogens (tertiary/aromatic N) is 4. The van der Waals surface area contributed by atoms with Crippen LogP contribution in [0, 0.1) is 12.7 Å². The molecule has 7 nitrogen and oxygen atoms in total. The van der Waals surface area contributed by atoms with Crippen molar-refractivity contribution in [3.05, 3.63) is 106 Å². The molecule has 0 bridgehead atoms. The van der Waals surface area contributed by atoms with E-state index in [1.165, 1.54) is 54.3 Å². The van der Waals surface area contributed by atoms with Gasteiger partial charge in [-0.2, -0.15) is 18.3 Å². The predicted octanol–water partition coefficient (Wildman–Crippen LogP) is 3.81. The standard InChI is InChI=1S/C23H17F4N5O2/c1-14-10-20(33)21(30-32(14)18-5-3-2-4-16(18)23(25,26)27)22(34)29-12-15-6-7-19(17(24)11-15)31-9-8-28-13-31/h2-11,13H,12H2,1H3,(H,29,34). The first-order valence-corrected chi connectivity index (χ1v) is 9.97. The highest BCUT2D eigenvalue weighted by Crippen LogP contribution is 2.33. The summed E-state index contributed by atoms with van der Waals surface area (Å²) in [4.78, 5) is 28.9. The average molecular weight is 471 g/mol. The minimum atomic E-state index is -4.66. The van der Waals surface area contributed by atoms with Crippen LogP contribution >= 0.6 is 0 Å². The summed E-state index contributed by atoms with van der Waals surface area (Å²) in [5, 5.41) is 6.36. The Balaban J connectivity index is 1.59. The number of para-hydroxylation sites is 1. The van der Waals surface area contributed by atoms with Gasteiger partial charge in [-0.15, -0.1) is 0 Å². The Bertz CT molecular complexity index is 1410. The van der Waals surface area contributed by atoms with Crippen LogP contribution in [0.2, 0.25) is 0 Å². The van der Waals surface area contributed by atoms with Gasteiger partial charge in [-0.1, -0.05) is 18.2 Å². The zero-order valence-electron chi connectivity index (χ0n) is 17.7. The van der Waals surface area contributed by atoms with Crippen LogP contribution in [0.5, 0.6) is 0 Å². The third kappa shape index (κ3) is 4.58. The molecule has 0 aliphatic carbocycles. The SMILES string of the molecule is Cc1cc(=O)c(C(=O)NCc2ccc(-n3ccnc3)c(F)c2)nn1-c1ccccc1C(F)(F)F. The van der Waals surface area contributed by atoms with Crippen molar-refractivity contribution in [1.82, 2.24) is 24.6 Å². The quantitative estimate of drug-likeness (QED) is 0.449. The molecule has 34 heavy (non-hydrogen) atoms. The number of carbonyl (C=O) groups excluding carboxylic acids is 1. The second-order valence-corrected chi connectivity index (χ2v) is 7.36. The van der Waals surface area contributed by atoms with Gasteiger partial charge in [0.05, 0.1) is 23.3 Å². The largest absolute Gasteiger partial charge is 0.418 e. The summed E-state index contributed by atoms with van der Waals surface area (Å²) in [7, 11) is 0. The van der Waals surface area contributed by atoms with E-state index in [1.807, 2.05) is 0 Å². The first-order chi connectivity index (χ1) is 16.1. The van der Waals surface area contributed by atoms with Crippen molar-refractivity contribution < 1.29 is 22.4 Å². The number of imidazole rings is 1. The second kappa shape index (κ2) is 8.93. The number of hydrogen-bond donors (Lipinski definition) is 1. The van der Waals surface area contributed by atoms with E-state index < -0.39 is 34.6 Å². The Morgan fingerprint density at radius 1 is 1.09 bits per heavy atom. The molecule has 0 spiro atoms. The van der Waals surface area contributed by atoms with E-state index in [9.17, 15) is 27.2 Å². The van der Waals surface area contributed by atoms with Crippen LogP contribution in [0.15, 0.2) is 72.0 Å². The highest BCUT2D eigenvalue weighted by atomic mass is 19.4. The molecule has 4 aromatic rings. The van der Waals surface area contributed by atoms with E-state index >= 15 is 0 Å². The molecule has 174 valence electrons. The van der Waals surface area contributed by atoms with E-state index in [2.05, 4.69) is 15.4 Å². The Kier molecular flexibility index (Phi) is 6.01. The van der Waals surface area contributed by atoms with Crippen molar-refractivity contribution in [3.63, 3.8) is 0 Å². The van der Waals surface area contributed by atoms with Gasteiger partial charge in [0, 0.05) is 30.7 Å². The number of alkyl halides is 3. The molecule has 2 heterocycles. The van der Waals surface area contributed by atoms with Crippen LogP contribution in [0.25, 0.3) is 11.4 Å². The van der Waals surface area contributed by atoms with Gasteiger partial charge in [-0.25, -0.2) is 14.1 Å². The highest BCUT2D eigenvalue weighted by Gasteiger charge is 2.34. The molecule has 11 heteroatoms. The van der Waals surface area contributed by atoms with Crippen molar-refractivity contribution >= 4 is 5.91 Å². The number of halogens is 4. The number of benzene rings is 2. The Morgan fingerprint density at radius 2 is 1.85 bits per heavy atom. The lowest BCUT2D eigenvalue weighted by Crippen LogP contribution is -2.32. The van der Waals surface area contributed by atoms with Crippen LogP contribution in [0.4, 0.5) is 17.6 Å². The van der Waals surface area contributed by atoms with Crippen LogP contribution in [-0.4, -0.2) is 25.2 Å². The topological polar surface area (TPSA) is 81.8 Å². The molecule has 0 aliphatic rings. The number of rotatable bonds is 5. The molecule has 0 saturated heterocycles. The fourth-order valence-electron chi connectivity index (χ4n) is 3.38. The molecule has 1 N–H and O–H groups in total. The maximum absolute atomic E-state index is 14.4. The molecule has 2 aromatic carbocycles. The van der Waals surface area contributed by atoms with Crippen LogP contribution in [-0.2, 0) is 12.7 Å². The van der Waals surface area contributed by atoms with Gasteiger partial charge in [0.1, 0.15) is 5.82 Å². The lowest BCUT2D eigenvalue weighted by molar-refractivity contribution is -0.137. The number of carbonyl (C=O) groups is 1. The van der Waals surface area contributed by atoms with E-state index in [1.54, 1.807) is 12.3 Å². The first kappa shape index (κ1) is 22.9. The van der Waals surface area contributed by atoms with Gasteiger partial charge in [0.2, 0.25) is 5.43 Å². The van der Waals surface area contributed by atoms with Gasteiger partial charge in [-0.05, 0) is 36.8 Å². The van der Waals surface area contributed by atoms with Crippen LogP contribution in [0.3, 0.4) is 0 Å². The number of hydrogen-bond acceptors (Lipinski definition) is 4. The first-order valence-electron chi connectivity index (χ1n) is 9.97. The Morgan fingerprint density at radius 3 is 2.53 bits per heavy atom. The molecule has 0 saturated carbocycles. The number of aromatic nitrogens is 4. The maximum atomic E-state index is 14.4. The summed E-state index contributed by atoms with van der Waals surface area (Å²) < 4.78 is 57.1. The molecule has 0 atom stereocenters. The molecule has 1 amide bonds. The minimum Gasteiger partial charge on any atom is -0.346 e. The van der Waals surface area contributed by atoms with Gasteiger partial charge < -0.3 is 9.88 Å². The molecule has 4 rings (SSSR count). The molecule has 0 fully saturated rings. The van der Waals surface area contributed by atoms with Gasteiger partial charge in [0.15, 0.2) is 5.69 Å². The van der Waals surface area contributed by atoms with Crippen molar-refractivity contribution in [1.29, 1.82) is 0 Å². The van der Waals surface area contributed by atoms with Crippen molar-refractivity contribution in [2.45, 2.75) is 19.6 Å². The van der Waals surface area contributed by atoms with E-state index in [-0.39, 0.29) is 23.6 Å². The maximum Gasteiger partial charge on any atom is 0.418 e. The third-order valence-corrected chi connectivity index (χ3v) is 5.01. The number of amides is 1. The fourth-order valence-corrected chi connectivity index (χ4v) is 3.38. The molecule has 0 unspecified atom stereocenters. The zero-order chi connectivity index (χ0) is 24.5. The van der Waals surface area contributed by atoms with Gasteiger partial charge >= 0.3 is 6.18 Å². The fraction of sp³-hybridized carbons (Fsp3) is 0.130. The molecular formula is C23H17F4N5O2. The van der Waals surface area contributed by atoms with E-state index in [0.717, 1.165) is 16.8 Å². The monoisotopic (exact) mass is 471 g/mol. The second-order valence-electron chi connectivity index (χ2n) is 7.36. The predicted molar refractivity (Wildman–Crippen MR) is 114 cm³/mol. The minimum absolute atomic E-state index is 0.121. The summed E-state index contributed by atoms with van der Waals surface area (Å²) >= 11 is 0. The summed E-state index contributed by atoms with van der Waals surface area (Å²) in [5.74, 6) is -1.45. The lowest BCUT2D eigenvalue weighted by Gasteiger charge is -2.16. The molecule has 0 radical (unpaired) electrons. The molecule has 0 aliphatic heterocycles. The van der Waals surface area contributed by atoms with Crippen molar-refractivity contribution in [2.24, 2.45) is 0 Å². The summed E-state index contributed by atoms with van der Waals surface area (Å²) in [6.07, 6.45) is -0.152. The summed E-state index contributed by atoms with van der Waals surface area (Å²) in [6.45, 7) is 1.28. The zero-order valence-corrected chi connectivity index (χ0v) is 17.7. The van der Waals surface area contributed by atoms with E-state index in [4.69, 9.17) is 0 Å². The third-order valence-electron chi connectivity index (χ3n) is 5.01.